The Morgan fingerprint density at radius 3 is 2.63 bits per heavy atom. The number of thioether (sulfide) groups is 1. The molecule has 0 unspecified atom stereocenters. The van der Waals surface area contributed by atoms with Crippen LogP contribution in [0.15, 0.2) is 47.4 Å². The number of nitrogens with one attached hydrogen (secondary N) is 1. The van der Waals surface area contributed by atoms with Crippen molar-refractivity contribution in [1.29, 1.82) is 0 Å². The van der Waals surface area contributed by atoms with Gasteiger partial charge in [-0.3, -0.25) is 9.69 Å². The van der Waals surface area contributed by atoms with Gasteiger partial charge >= 0.3 is 6.09 Å². The molecule has 0 radical (unpaired) electrons. The molecule has 1 saturated heterocycles. The van der Waals surface area contributed by atoms with Crippen LogP contribution in [0.3, 0.4) is 0 Å². The van der Waals surface area contributed by atoms with Crippen LogP contribution in [-0.2, 0) is 16.1 Å². The minimum absolute atomic E-state index is 0.0353. The van der Waals surface area contributed by atoms with E-state index in [4.69, 9.17) is 9.47 Å². The number of amides is 2. The topological polar surface area (TPSA) is 71.1 Å². The molecule has 7 nitrogen and oxygen atoms in total. The lowest BCUT2D eigenvalue weighted by atomic mass is 9.90. The van der Waals surface area contributed by atoms with E-state index in [1.807, 2.05) is 63.1 Å². The SMILES string of the molecule is COc1cc2c(cc1CN[C@H]1CCCN(C(=O)OC(C)(C)C)[C@H]1c1ccccc1)N(C)C(=O)CS2. The first-order valence-corrected chi connectivity index (χ1v) is 13.0. The van der Waals surface area contributed by atoms with Gasteiger partial charge in [-0.1, -0.05) is 30.3 Å². The maximum atomic E-state index is 13.2. The maximum absolute atomic E-state index is 13.2. The van der Waals surface area contributed by atoms with E-state index in [-0.39, 0.29) is 24.1 Å². The average Bonchev–Trinajstić information content (AvgIpc) is 2.84. The number of fused-ring (bicyclic) bond motifs is 1. The Morgan fingerprint density at radius 1 is 1.20 bits per heavy atom. The molecule has 188 valence electrons. The molecule has 2 aromatic carbocycles. The minimum Gasteiger partial charge on any atom is -0.496 e. The van der Waals surface area contributed by atoms with Gasteiger partial charge in [0.2, 0.25) is 5.91 Å². The molecule has 2 aliphatic heterocycles. The van der Waals surface area contributed by atoms with Crippen molar-refractivity contribution in [2.75, 3.05) is 31.4 Å². The molecule has 1 N–H and O–H groups in total. The van der Waals surface area contributed by atoms with Gasteiger partial charge in [-0.2, -0.15) is 0 Å². The molecule has 35 heavy (non-hydrogen) atoms. The van der Waals surface area contributed by atoms with Gasteiger partial charge in [-0.05, 0) is 51.3 Å². The minimum atomic E-state index is -0.559. The molecule has 0 aliphatic carbocycles. The summed E-state index contributed by atoms with van der Waals surface area (Å²) in [6.07, 6.45) is 1.52. The van der Waals surface area contributed by atoms with Crippen molar-refractivity contribution in [1.82, 2.24) is 10.2 Å². The monoisotopic (exact) mass is 497 g/mol. The highest BCUT2D eigenvalue weighted by Gasteiger charge is 2.37. The summed E-state index contributed by atoms with van der Waals surface area (Å²) in [6.45, 7) is 6.89. The second-order valence-electron chi connectivity index (χ2n) is 10.0. The average molecular weight is 498 g/mol. The molecule has 0 aromatic heterocycles. The van der Waals surface area contributed by atoms with Gasteiger partial charge in [-0.15, -0.1) is 11.8 Å². The van der Waals surface area contributed by atoms with E-state index in [1.165, 1.54) is 0 Å². The number of hydrogen-bond donors (Lipinski definition) is 1. The number of likely N-dealkylation sites (tertiary alicyclic amines) is 1. The molecule has 8 heteroatoms. The fourth-order valence-corrected chi connectivity index (χ4v) is 5.71. The van der Waals surface area contributed by atoms with E-state index in [0.717, 1.165) is 40.3 Å². The zero-order chi connectivity index (χ0) is 25.2. The highest BCUT2D eigenvalue weighted by molar-refractivity contribution is 8.00. The van der Waals surface area contributed by atoms with E-state index in [1.54, 1.807) is 23.8 Å². The summed E-state index contributed by atoms with van der Waals surface area (Å²) in [5.74, 6) is 1.32. The van der Waals surface area contributed by atoms with Gasteiger partial charge in [-0.25, -0.2) is 4.79 Å². The van der Waals surface area contributed by atoms with Crippen molar-refractivity contribution >= 4 is 29.4 Å². The third-order valence-electron chi connectivity index (χ3n) is 6.40. The van der Waals surface area contributed by atoms with Crippen LogP contribution >= 0.6 is 11.8 Å². The van der Waals surface area contributed by atoms with Gasteiger partial charge in [0.25, 0.3) is 0 Å². The number of methoxy groups -OCH3 is 1. The summed E-state index contributed by atoms with van der Waals surface area (Å²) in [5, 5.41) is 3.70. The molecule has 0 saturated carbocycles. The fourth-order valence-electron chi connectivity index (χ4n) is 4.71. The predicted molar refractivity (Wildman–Crippen MR) is 139 cm³/mol. The normalized spacial score (nSPS) is 20.4. The number of ether oxygens (including phenoxy) is 2. The second kappa shape index (κ2) is 10.5. The van der Waals surface area contributed by atoms with Crippen molar-refractivity contribution in [2.24, 2.45) is 0 Å². The summed E-state index contributed by atoms with van der Waals surface area (Å²) >= 11 is 1.54. The standard InChI is InChI=1S/C27H35N3O4S/c1-27(2,3)34-26(32)30-13-9-12-20(25(30)18-10-7-6-8-11-18)28-16-19-14-21-23(15-22(19)33-5)35-17-24(31)29(21)4/h6-8,10-11,14-15,20,25,28H,9,12-13,16-17H2,1-5H3/t20-,25-/m0/s1. The summed E-state index contributed by atoms with van der Waals surface area (Å²) < 4.78 is 11.5. The first-order chi connectivity index (χ1) is 16.7. The largest absolute Gasteiger partial charge is 0.496 e. The lowest BCUT2D eigenvalue weighted by Gasteiger charge is -2.42. The van der Waals surface area contributed by atoms with E-state index < -0.39 is 5.60 Å². The molecule has 1 fully saturated rings. The smallest absolute Gasteiger partial charge is 0.410 e. The van der Waals surface area contributed by atoms with Crippen molar-refractivity contribution in [3.05, 3.63) is 53.6 Å². The molecule has 0 bridgehead atoms. The highest BCUT2D eigenvalue weighted by atomic mass is 32.2. The molecule has 2 aromatic rings. The molecule has 2 aliphatic rings. The molecular weight excluding hydrogens is 462 g/mol. The van der Waals surface area contributed by atoms with Crippen molar-refractivity contribution in [2.45, 2.75) is 62.7 Å². The van der Waals surface area contributed by atoms with E-state index in [0.29, 0.717) is 18.8 Å². The van der Waals surface area contributed by atoms with Gasteiger partial charge in [0, 0.05) is 36.6 Å². The number of carbonyl (C=O) groups is 2. The summed E-state index contributed by atoms with van der Waals surface area (Å²) in [5.41, 5.74) is 2.41. The Labute approximate surface area is 212 Å². The molecule has 2 heterocycles. The van der Waals surface area contributed by atoms with Crippen LogP contribution in [0.2, 0.25) is 0 Å². The maximum Gasteiger partial charge on any atom is 0.410 e. The van der Waals surface area contributed by atoms with Crippen molar-refractivity contribution in [3.63, 3.8) is 0 Å². The molecular formula is C27H35N3O4S. The first kappa shape index (κ1) is 25.4. The Balaban J connectivity index is 1.60. The zero-order valence-corrected chi connectivity index (χ0v) is 22.0. The molecule has 2 amide bonds. The molecule has 0 spiro atoms. The third kappa shape index (κ3) is 5.76. The first-order valence-electron chi connectivity index (χ1n) is 12.1. The predicted octanol–water partition coefficient (Wildman–Crippen LogP) is 4.99. The lowest BCUT2D eigenvalue weighted by Crippen LogP contribution is -2.51. The Bertz CT molecular complexity index is 1070. The Kier molecular flexibility index (Phi) is 7.62. The summed E-state index contributed by atoms with van der Waals surface area (Å²) in [7, 11) is 3.49. The fraction of sp³-hybridized carbons (Fsp3) is 0.481. The highest BCUT2D eigenvalue weighted by Crippen LogP contribution is 2.40. The quantitative estimate of drug-likeness (QED) is 0.627. The summed E-state index contributed by atoms with van der Waals surface area (Å²) in [4.78, 5) is 30.0. The zero-order valence-electron chi connectivity index (χ0n) is 21.2. The van der Waals surface area contributed by atoms with Crippen LogP contribution in [0.25, 0.3) is 0 Å². The van der Waals surface area contributed by atoms with E-state index in [9.17, 15) is 9.59 Å². The number of anilines is 1. The van der Waals surface area contributed by atoms with Crippen molar-refractivity contribution in [3.8, 4) is 5.75 Å². The van der Waals surface area contributed by atoms with Crippen LogP contribution in [0.5, 0.6) is 5.75 Å². The number of benzene rings is 2. The second-order valence-corrected chi connectivity index (χ2v) is 11.0. The molecule has 2 atom stereocenters. The van der Waals surface area contributed by atoms with Gasteiger partial charge in [0.05, 0.1) is 24.6 Å². The number of hydrogen-bond acceptors (Lipinski definition) is 6. The van der Waals surface area contributed by atoms with Crippen molar-refractivity contribution < 1.29 is 19.1 Å². The van der Waals surface area contributed by atoms with Gasteiger partial charge in [0.15, 0.2) is 0 Å². The lowest BCUT2D eigenvalue weighted by molar-refractivity contribution is -0.116. The van der Waals surface area contributed by atoms with Crippen LogP contribution in [0.1, 0.15) is 50.8 Å². The van der Waals surface area contributed by atoms with Gasteiger partial charge < -0.3 is 19.7 Å². The Morgan fingerprint density at radius 2 is 1.94 bits per heavy atom. The number of rotatable bonds is 5. The van der Waals surface area contributed by atoms with Crippen LogP contribution < -0.4 is 15.0 Å². The van der Waals surface area contributed by atoms with Crippen LogP contribution in [0.4, 0.5) is 10.5 Å². The number of piperidine rings is 1. The van der Waals surface area contributed by atoms with E-state index >= 15 is 0 Å². The number of carbonyl (C=O) groups excluding carboxylic acids is 2. The van der Waals surface area contributed by atoms with Crippen LogP contribution in [0, 0.1) is 0 Å². The molecule has 4 rings (SSSR count). The Hall–Kier alpha value is -2.71. The van der Waals surface area contributed by atoms with Gasteiger partial charge in [0.1, 0.15) is 11.4 Å². The number of nitrogens with zero attached hydrogens (tertiary/aromatic N) is 2. The third-order valence-corrected chi connectivity index (χ3v) is 7.43. The summed E-state index contributed by atoms with van der Waals surface area (Å²) in [6, 6.07) is 14.1. The van der Waals surface area contributed by atoms with E-state index in [2.05, 4.69) is 17.4 Å². The van der Waals surface area contributed by atoms with Crippen LogP contribution in [-0.4, -0.2) is 55.0 Å².